The molecule has 8 heteroatoms. The number of hydroxylamine groups is 2. The van der Waals surface area contributed by atoms with Gasteiger partial charge in [-0.25, -0.2) is 4.79 Å². The van der Waals surface area contributed by atoms with Crippen LogP contribution in [-0.4, -0.2) is 46.6 Å². The minimum Gasteiger partial charge on any atom is -0.481 e. The van der Waals surface area contributed by atoms with Crippen molar-refractivity contribution >= 4 is 12.1 Å². The lowest BCUT2D eigenvalue weighted by molar-refractivity contribution is -0.159. The fourth-order valence-electron chi connectivity index (χ4n) is 4.13. The van der Waals surface area contributed by atoms with Crippen molar-refractivity contribution in [2.45, 2.75) is 71.6 Å². The Morgan fingerprint density at radius 3 is 2.17 bits per heavy atom. The highest BCUT2D eigenvalue weighted by Gasteiger charge is 2.50. The number of carbonyl (C=O) groups excluding carboxylic acids is 1. The average molecular weight is 485 g/mol. The Balaban J connectivity index is 1.62. The quantitative estimate of drug-likeness (QED) is 0.445. The largest absolute Gasteiger partial charge is 0.481 e. The second-order valence-corrected chi connectivity index (χ2v) is 9.87. The summed E-state index contributed by atoms with van der Waals surface area (Å²) in [6, 6.07) is 18.9. The first kappa shape index (κ1) is 26.7. The number of carboxylic acids is 1. The fraction of sp³-hybridized carbons (Fsp3) is 0.481. The lowest BCUT2D eigenvalue weighted by Crippen LogP contribution is -2.46. The molecule has 190 valence electrons. The van der Waals surface area contributed by atoms with E-state index in [0.29, 0.717) is 19.4 Å². The Morgan fingerprint density at radius 1 is 1.03 bits per heavy atom. The van der Waals surface area contributed by atoms with Gasteiger partial charge in [-0.15, -0.1) is 0 Å². The summed E-state index contributed by atoms with van der Waals surface area (Å²) in [5.74, 6) is -0.913. The summed E-state index contributed by atoms with van der Waals surface area (Å²) in [6.07, 6.45) is 0.0856. The predicted octanol–water partition coefficient (Wildman–Crippen LogP) is 4.74. The average Bonchev–Trinajstić information content (AvgIpc) is 3.15. The smallest absolute Gasteiger partial charge is 0.434 e. The van der Waals surface area contributed by atoms with Crippen LogP contribution in [0.1, 0.15) is 51.7 Å². The van der Waals surface area contributed by atoms with E-state index in [1.165, 1.54) is 5.06 Å². The Kier molecular flexibility index (Phi) is 8.88. The summed E-state index contributed by atoms with van der Waals surface area (Å²) >= 11 is 0. The number of hydrogen-bond acceptors (Lipinski definition) is 6. The van der Waals surface area contributed by atoms with Crippen LogP contribution >= 0.6 is 0 Å². The number of carboxylic acid groups (broad SMARTS) is 1. The first-order valence-corrected chi connectivity index (χ1v) is 11.9. The van der Waals surface area contributed by atoms with Crippen LogP contribution in [0.25, 0.3) is 0 Å². The van der Waals surface area contributed by atoms with Crippen molar-refractivity contribution < 1.29 is 29.0 Å². The number of ether oxygens (including phenoxy) is 2. The number of amides is 1. The summed E-state index contributed by atoms with van der Waals surface area (Å²) in [4.78, 5) is 30.5. The van der Waals surface area contributed by atoms with Crippen molar-refractivity contribution in [1.29, 1.82) is 0 Å². The van der Waals surface area contributed by atoms with Gasteiger partial charge in [-0.3, -0.25) is 14.9 Å². The monoisotopic (exact) mass is 484 g/mol. The molecule has 0 saturated carbocycles. The molecule has 0 aromatic heterocycles. The van der Waals surface area contributed by atoms with E-state index < -0.39 is 29.3 Å². The van der Waals surface area contributed by atoms with E-state index in [4.69, 9.17) is 14.3 Å². The van der Waals surface area contributed by atoms with E-state index in [1.807, 2.05) is 74.5 Å². The number of carbonyl (C=O) groups is 2. The van der Waals surface area contributed by atoms with Gasteiger partial charge in [0.15, 0.2) is 0 Å². The zero-order valence-electron chi connectivity index (χ0n) is 20.9. The summed E-state index contributed by atoms with van der Waals surface area (Å²) < 4.78 is 11.5. The molecule has 0 radical (unpaired) electrons. The molecule has 8 nitrogen and oxygen atoms in total. The molecule has 1 heterocycles. The van der Waals surface area contributed by atoms with Gasteiger partial charge in [-0.2, -0.15) is 5.06 Å². The van der Waals surface area contributed by atoms with Crippen molar-refractivity contribution in [2.24, 2.45) is 5.41 Å². The van der Waals surface area contributed by atoms with Crippen molar-refractivity contribution in [3.63, 3.8) is 0 Å². The zero-order valence-corrected chi connectivity index (χ0v) is 20.9. The van der Waals surface area contributed by atoms with E-state index >= 15 is 0 Å². The molecule has 2 atom stereocenters. The lowest BCUT2D eigenvalue weighted by Gasteiger charge is -2.31. The van der Waals surface area contributed by atoms with E-state index in [9.17, 15) is 14.7 Å². The summed E-state index contributed by atoms with van der Waals surface area (Å²) in [6.45, 7) is 7.78. The SMILES string of the molecule is CC1(C)N[C@@H](CCCN(OCc2ccccc2)C(=O)OCc2ccccc2)[C@@H](C(C)(C)C(=O)O)O1. The molecular formula is C27H36N2O6. The van der Waals surface area contributed by atoms with Crippen LogP contribution in [0.5, 0.6) is 0 Å². The van der Waals surface area contributed by atoms with Gasteiger partial charge in [0, 0.05) is 6.04 Å². The molecule has 0 bridgehead atoms. The number of benzene rings is 2. The highest BCUT2D eigenvalue weighted by Crippen LogP contribution is 2.36. The minimum absolute atomic E-state index is 0.145. The Bertz CT molecular complexity index is 964. The molecule has 2 aromatic rings. The van der Waals surface area contributed by atoms with Gasteiger partial charge in [-0.05, 0) is 51.7 Å². The van der Waals surface area contributed by atoms with Gasteiger partial charge in [0.1, 0.15) is 18.9 Å². The molecular weight excluding hydrogens is 448 g/mol. The fourth-order valence-corrected chi connectivity index (χ4v) is 4.13. The third-order valence-corrected chi connectivity index (χ3v) is 6.10. The van der Waals surface area contributed by atoms with Gasteiger partial charge in [-0.1, -0.05) is 60.7 Å². The number of aliphatic carboxylic acids is 1. The first-order valence-electron chi connectivity index (χ1n) is 11.9. The summed E-state index contributed by atoms with van der Waals surface area (Å²) in [5, 5.41) is 14.3. The Hall–Kier alpha value is -2.94. The number of hydrogen-bond donors (Lipinski definition) is 2. The standard InChI is InChI=1S/C27H36N2O6/c1-26(2,24(30)31)23-22(28-27(3,4)35-23)16-11-17-29(34-19-21-14-9-6-10-15-21)25(32)33-18-20-12-7-5-8-13-20/h5-10,12-15,22-23,28H,11,16-19H2,1-4H3,(H,30,31)/t22-,23-/m0/s1. The van der Waals surface area contributed by atoms with Gasteiger partial charge < -0.3 is 14.6 Å². The Labute approximate surface area is 207 Å². The van der Waals surface area contributed by atoms with Crippen LogP contribution in [-0.2, 0) is 32.3 Å². The predicted molar refractivity (Wildman–Crippen MR) is 131 cm³/mol. The second kappa shape index (κ2) is 11.7. The summed E-state index contributed by atoms with van der Waals surface area (Å²) in [7, 11) is 0. The molecule has 1 aliphatic heterocycles. The second-order valence-electron chi connectivity index (χ2n) is 9.87. The van der Waals surface area contributed by atoms with Crippen molar-refractivity contribution in [3.8, 4) is 0 Å². The minimum atomic E-state index is -1.07. The van der Waals surface area contributed by atoms with E-state index in [2.05, 4.69) is 5.32 Å². The molecule has 0 spiro atoms. The van der Waals surface area contributed by atoms with Crippen LogP contribution in [0.15, 0.2) is 60.7 Å². The van der Waals surface area contributed by atoms with Gasteiger partial charge >= 0.3 is 12.1 Å². The number of nitrogens with zero attached hydrogens (tertiary/aromatic N) is 1. The molecule has 1 amide bonds. The highest BCUT2D eigenvalue weighted by atomic mass is 16.7. The lowest BCUT2D eigenvalue weighted by atomic mass is 9.81. The van der Waals surface area contributed by atoms with Crippen molar-refractivity contribution in [2.75, 3.05) is 6.54 Å². The normalized spacial score (nSPS) is 19.3. The maximum atomic E-state index is 12.8. The van der Waals surface area contributed by atoms with Gasteiger partial charge in [0.25, 0.3) is 0 Å². The van der Waals surface area contributed by atoms with E-state index in [0.717, 1.165) is 11.1 Å². The maximum Gasteiger partial charge on any atom is 0.434 e. The van der Waals surface area contributed by atoms with Crippen LogP contribution in [0.2, 0.25) is 0 Å². The zero-order chi connectivity index (χ0) is 25.5. The van der Waals surface area contributed by atoms with Crippen molar-refractivity contribution in [1.82, 2.24) is 10.4 Å². The highest BCUT2D eigenvalue weighted by molar-refractivity contribution is 5.74. The summed E-state index contributed by atoms with van der Waals surface area (Å²) in [5.41, 5.74) is 0.116. The molecule has 0 unspecified atom stereocenters. The van der Waals surface area contributed by atoms with Crippen LogP contribution in [0.3, 0.4) is 0 Å². The molecule has 1 saturated heterocycles. The molecule has 35 heavy (non-hydrogen) atoms. The maximum absolute atomic E-state index is 12.8. The third-order valence-electron chi connectivity index (χ3n) is 6.10. The van der Waals surface area contributed by atoms with E-state index in [1.54, 1.807) is 13.8 Å². The third kappa shape index (κ3) is 7.52. The first-order chi connectivity index (χ1) is 16.6. The van der Waals surface area contributed by atoms with Crippen LogP contribution in [0.4, 0.5) is 4.79 Å². The molecule has 0 aliphatic carbocycles. The molecule has 1 fully saturated rings. The van der Waals surface area contributed by atoms with E-state index in [-0.39, 0.29) is 19.3 Å². The molecule has 1 aliphatic rings. The Morgan fingerprint density at radius 2 is 1.60 bits per heavy atom. The molecule has 2 aromatic carbocycles. The van der Waals surface area contributed by atoms with Crippen molar-refractivity contribution in [3.05, 3.63) is 71.8 Å². The van der Waals surface area contributed by atoms with Gasteiger partial charge in [0.2, 0.25) is 0 Å². The number of nitrogens with one attached hydrogen (secondary N) is 1. The van der Waals surface area contributed by atoms with Crippen LogP contribution in [0, 0.1) is 5.41 Å². The number of rotatable bonds is 11. The topological polar surface area (TPSA) is 97.3 Å². The van der Waals surface area contributed by atoms with Crippen LogP contribution < -0.4 is 5.32 Å². The van der Waals surface area contributed by atoms with Gasteiger partial charge in [0.05, 0.1) is 18.1 Å². The molecule has 3 rings (SSSR count). The molecule has 2 N–H and O–H groups in total.